The quantitative estimate of drug-likeness (QED) is 0.684. The number of sulfonamides is 1. The Labute approximate surface area is 132 Å². The first-order valence-electron chi connectivity index (χ1n) is 7.09. The van der Waals surface area contributed by atoms with E-state index in [0.717, 1.165) is 17.4 Å². The number of carbonyl (C=O) groups is 1. The van der Waals surface area contributed by atoms with Gasteiger partial charge in [0.1, 0.15) is 0 Å². The van der Waals surface area contributed by atoms with Crippen molar-refractivity contribution in [3.63, 3.8) is 0 Å². The standard InChI is InChI=1S/C15H24N2O4S/c1-13-4-6-14(7-5-13)12-17(22(3,19)20)10-8-15(18)16-9-11-21-2/h4-7H,8-12H2,1-3H3,(H,16,18). The summed E-state index contributed by atoms with van der Waals surface area (Å²) in [6.07, 6.45) is 1.28. The van der Waals surface area contributed by atoms with Crippen molar-refractivity contribution in [3.8, 4) is 0 Å². The predicted octanol–water partition coefficient (Wildman–Crippen LogP) is 0.909. The van der Waals surface area contributed by atoms with E-state index in [1.165, 1.54) is 4.31 Å². The Balaban J connectivity index is 2.59. The number of methoxy groups -OCH3 is 1. The molecule has 6 nitrogen and oxygen atoms in total. The van der Waals surface area contributed by atoms with Gasteiger partial charge in [0.25, 0.3) is 0 Å². The first-order valence-corrected chi connectivity index (χ1v) is 8.94. The lowest BCUT2D eigenvalue weighted by Crippen LogP contribution is -2.35. The summed E-state index contributed by atoms with van der Waals surface area (Å²) in [6.45, 7) is 3.26. The molecule has 0 aromatic heterocycles. The Kier molecular flexibility index (Phi) is 7.50. The van der Waals surface area contributed by atoms with E-state index in [2.05, 4.69) is 5.32 Å². The molecule has 0 spiro atoms. The van der Waals surface area contributed by atoms with Gasteiger partial charge in [0, 0.05) is 33.2 Å². The fourth-order valence-electron chi connectivity index (χ4n) is 1.87. The van der Waals surface area contributed by atoms with Gasteiger partial charge in [-0.3, -0.25) is 4.79 Å². The average Bonchev–Trinajstić information content (AvgIpc) is 2.44. The molecule has 0 aliphatic carbocycles. The molecule has 1 N–H and O–H groups in total. The largest absolute Gasteiger partial charge is 0.383 e. The van der Waals surface area contributed by atoms with Crippen LogP contribution in [0.1, 0.15) is 17.5 Å². The van der Waals surface area contributed by atoms with Gasteiger partial charge >= 0.3 is 0 Å². The van der Waals surface area contributed by atoms with E-state index in [1.807, 2.05) is 31.2 Å². The maximum Gasteiger partial charge on any atom is 0.221 e. The third-order valence-corrected chi connectivity index (χ3v) is 4.41. The molecule has 0 aliphatic rings. The van der Waals surface area contributed by atoms with Crippen LogP contribution in [0, 0.1) is 6.92 Å². The van der Waals surface area contributed by atoms with Gasteiger partial charge in [0.15, 0.2) is 0 Å². The van der Waals surface area contributed by atoms with Gasteiger partial charge in [0.05, 0.1) is 12.9 Å². The molecule has 0 atom stereocenters. The number of rotatable bonds is 9. The number of hydrogen-bond acceptors (Lipinski definition) is 4. The summed E-state index contributed by atoms with van der Waals surface area (Å²) < 4.78 is 29.9. The summed E-state index contributed by atoms with van der Waals surface area (Å²) in [6, 6.07) is 7.67. The van der Waals surface area contributed by atoms with Crippen LogP contribution in [0.3, 0.4) is 0 Å². The maximum atomic E-state index is 11.8. The minimum absolute atomic E-state index is 0.128. The summed E-state index contributed by atoms with van der Waals surface area (Å²) in [4.78, 5) is 11.7. The Morgan fingerprint density at radius 3 is 2.45 bits per heavy atom. The highest BCUT2D eigenvalue weighted by Gasteiger charge is 2.18. The molecule has 0 unspecified atom stereocenters. The smallest absolute Gasteiger partial charge is 0.221 e. The van der Waals surface area contributed by atoms with Crippen LogP contribution in [-0.4, -0.2) is 51.7 Å². The summed E-state index contributed by atoms with van der Waals surface area (Å²) in [5.74, 6) is -0.186. The predicted molar refractivity (Wildman–Crippen MR) is 85.9 cm³/mol. The highest BCUT2D eigenvalue weighted by atomic mass is 32.2. The van der Waals surface area contributed by atoms with Crippen LogP contribution >= 0.6 is 0 Å². The fourth-order valence-corrected chi connectivity index (χ4v) is 2.67. The zero-order valence-electron chi connectivity index (χ0n) is 13.3. The number of carbonyl (C=O) groups excluding carboxylic acids is 1. The molecule has 0 saturated carbocycles. The molecule has 0 heterocycles. The second-order valence-corrected chi connectivity index (χ2v) is 7.16. The van der Waals surface area contributed by atoms with E-state index >= 15 is 0 Å². The van der Waals surface area contributed by atoms with Gasteiger partial charge in [-0.25, -0.2) is 8.42 Å². The topological polar surface area (TPSA) is 75.7 Å². The van der Waals surface area contributed by atoms with E-state index in [-0.39, 0.29) is 25.4 Å². The normalized spacial score (nSPS) is 11.6. The van der Waals surface area contributed by atoms with Gasteiger partial charge in [-0.1, -0.05) is 29.8 Å². The maximum absolute atomic E-state index is 11.8. The van der Waals surface area contributed by atoms with Crippen LogP contribution in [0.2, 0.25) is 0 Å². The lowest BCUT2D eigenvalue weighted by atomic mass is 10.1. The number of aryl methyl sites for hydroxylation is 1. The van der Waals surface area contributed by atoms with Gasteiger partial charge in [-0.2, -0.15) is 4.31 Å². The highest BCUT2D eigenvalue weighted by molar-refractivity contribution is 7.88. The van der Waals surface area contributed by atoms with Crippen LogP contribution < -0.4 is 5.32 Å². The summed E-state index contributed by atoms with van der Waals surface area (Å²) >= 11 is 0. The van der Waals surface area contributed by atoms with E-state index in [4.69, 9.17) is 4.74 Å². The van der Waals surface area contributed by atoms with E-state index < -0.39 is 10.0 Å². The molecule has 1 rings (SSSR count). The zero-order chi connectivity index (χ0) is 16.6. The van der Waals surface area contributed by atoms with Gasteiger partial charge in [-0.05, 0) is 12.5 Å². The Bertz CT molecular complexity index is 570. The lowest BCUT2D eigenvalue weighted by Gasteiger charge is -2.20. The van der Waals surface area contributed by atoms with Crippen LogP contribution in [-0.2, 0) is 26.1 Å². The third kappa shape index (κ3) is 7.02. The fraction of sp³-hybridized carbons (Fsp3) is 0.533. The second-order valence-electron chi connectivity index (χ2n) is 5.17. The summed E-state index contributed by atoms with van der Waals surface area (Å²) in [5, 5.41) is 2.68. The highest BCUT2D eigenvalue weighted by Crippen LogP contribution is 2.10. The molecule has 1 aromatic rings. The van der Waals surface area contributed by atoms with Crippen molar-refractivity contribution in [1.29, 1.82) is 0 Å². The van der Waals surface area contributed by atoms with E-state index in [0.29, 0.717) is 13.2 Å². The monoisotopic (exact) mass is 328 g/mol. The van der Waals surface area contributed by atoms with Gasteiger partial charge in [0.2, 0.25) is 15.9 Å². The molecule has 1 amide bonds. The summed E-state index contributed by atoms with van der Waals surface area (Å²) in [7, 11) is -1.81. The van der Waals surface area contributed by atoms with Gasteiger partial charge < -0.3 is 10.1 Å². The Morgan fingerprint density at radius 1 is 1.27 bits per heavy atom. The number of nitrogens with zero attached hydrogens (tertiary/aromatic N) is 1. The first kappa shape index (κ1) is 18.6. The van der Waals surface area contributed by atoms with Crippen molar-refractivity contribution in [2.45, 2.75) is 19.9 Å². The van der Waals surface area contributed by atoms with Crippen molar-refractivity contribution >= 4 is 15.9 Å². The number of nitrogens with one attached hydrogen (secondary N) is 1. The summed E-state index contributed by atoms with van der Waals surface area (Å²) in [5.41, 5.74) is 2.02. The SMILES string of the molecule is COCCNC(=O)CCN(Cc1ccc(C)cc1)S(C)(=O)=O. The van der Waals surface area contributed by atoms with Crippen LogP contribution in [0.5, 0.6) is 0 Å². The lowest BCUT2D eigenvalue weighted by molar-refractivity contribution is -0.121. The molecule has 124 valence electrons. The number of hydrogen-bond donors (Lipinski definition) is 1. The molecule has 0 aliphatic heterocycles. The third-order valence-electron chi connectivity index (χ3n) is 3.17. The molecule has 7 heteroatoms. The molecule has 0 fully saturated rings. The average molecular weight is 328 g/mol. The molecular formula is C15H24N2O4S. The molecule has 0 radical (unpaired) electrons. The molecule has 1 aromatic carbocycles. The van der Waals surface area contributed by atoms with Crippen LogP contribution in [0.15, 0.2) is 24.3 Å². The minimum atomic E-state index is -3.37. The van der Waals surface area contributed by atoms with E-state index in [1.54, 1.807) is 7.11 Å². The van der Waals surface area contributed by atoms with Crippen LogP contribution in [0.25, 0.3) is 0 Å². The van der Waals surface area contributed by atoms with Crippen molar-refractivity contribution in [2.24, 2.45) is 0 Å². The van der Waals surface area contributed by atoms with Gasteiger partial charge in [-0.15, -0.1) is 0 Å². The zero-order valence-corrected chi connectivity index (χ0v) is 14.1. The van der Waals surface area contributed by atoms with Crippen molar-refractivity contribution < 1.29 is 17.9 Å². The molecular weight excluding hydrogens is 304 g/mol. The molecule has 0 bridgehead atoms. The number of amides is 1. The van der Waals surface area contributed by atoms with E-state index in [9.17, 15) is 13.2 Å². The van der Waals surface area contributed by atoms with Crippen molar-refractivity contribution in [2.75, 3.05) is 33.1 Å². The number of ether oxygens (including phenoxy) is 1. The second kappa shape index (κ2) is 8.87. The molecule has 0 saturated heterocycles. The number of benzene rings is 1. The van der Waals surface area contributed by atoms with Crippen molar-refractivity contribution in [3.05, 3.63) is 35.4 Å². The molecule has 22 heavy (non-hydrogen) atoms. The minimum Gasteiger partial charge on any atom is -0.383 e. The Morgan fingerprint density at radius 2 is 1.91 bits per heavy atom. The van der Waals surface area contributed by atoms with Crippen LogP contribution in [0.4, 0.5) is 0 Å². The Hall–Kier alpha value is -1.44. The van der Waals surface area contributed by atoms with Crippen molar-refractivity contribution in [1.82, 2.24) is 9.62 Å². The first-order chi connectivity index (χ1) is 10.3.